The lowest BCUT2D eigenvalue weighted by Crippen LogP contribution is -2.17. The van der Waals surface area contributed by atoms with Crippen LogP contribution in [0.4, 0.5) is 0 Å². The molecule has 0 amide bonds. The van der Waals surface area contributed by atoms with E-state index < -0.39 is 0 Å². The Morgan fingerprint density at radius 1 is 1.57 bits per heavy atom. The molecule has 14 heavy (non-hydrogen) atoms. The molecule has 0 aliphatic rings. The Labute approximate surface area is 95.3 Å². The Kier molecular flexibility index (Phi) is 2.85. The van der Waals surface area contributed by atoms with Crippen molar-refractivity contribution in [3.05, 3.63) is 27.7 Å². The van der Waals surface area contributed by atoms with Crippen LogP contribution in [0.25, 0.3) is 10.2 Å². The molecule has 1 unspecified atom stereocenters. The largest absolute Gasteiger partial charge is 0.328 e. The Hall–Kier alpha value is -0.450. The molecule has 1 aromatic heterocycles. The summed E-state index contributed by atoms with van der Waals surface area (Å²) in [5.74, 6) is 0. The number of rotatable bonds is 2. The average molecular weight is 271 g/mol. The van der Waals surface area contributed by atoms with E-state index in [0.717, 1.165) is 21.4 Å². The minimum Gasteiger partial charge on any atom is -0.328 e. The van der Waals surface area contributed by atoms with Gasteiger partial charge in [-0.3, -0.25) is 0 Å². The third-order valence-corrected chi connectivity index (χ3v) is 3.59. The normalized spacial score (nSPS) is 13.4. The number of para-hydroxylation sites is 1. The van der Waals surface area contributed by atoms with E-state index in [1.165, 1.54) is 4.70 Å². The van der Waals surface area contributed by atoms with E-state index in [-0.39, 0.29) is 6.04 Å². The lowest BCUT2D eigenvalue weighted by Gasteiger charge is -1.98. The molecule has 1 atom stereocenters. The highest BCUT2D eigenvalue weighted by atomic mass is 79.9. The van der Waals surface area contributed by atoms with Crippen LogP contribution in [-0.4, -0.2) is 11.0 Å². The molecule has 1 heterocycles. The van der Waals surface area contributed by atoms with Gasteiger partial charge in [0.05, 0.1) is 15.2 Å². The van der Waals surface area contributed by atoms with Crippen molar-refractivity contribution < 1.29 is 0 Å². The number of halogens is 1. The molecule has 0 saturated heterocycles. The predicted molar refractivity (Wildman–Crippen MR) is 64.7 cm³/mol. The third kappa shape index (κ3) is 1.97. The summed E-state index contributed by atoms with van der Waals surface area (Å²) in [6.45, 7) is 2.00. The predicted octanol–water partition coefficient (Wildman–Crippen LogP) is 2.95. The molecule has 0 aliphatic carbocycles. The molecule has 2 aromatic rings. The van der Waals surface area contributed by atoms with Gasteiger partial charge in [-0.25, -0.2) is 4.98 Å². The van der Waals surface area contributed by atoms with Gasteiger partial charge in [-0.15, -0.1) is 11.3 Å². The summed E-state index contributed by atoms with van der Waals surface area (Å²) in [7, 11) is 0. The Bertz CT molecular complexity index is 450. The monoisotopic (exact) mass is 270 g/mol. The zero-order valence-corrected chi connectivity index (χ0v) is 10.2. The Morgan fingerprint density at radius 3 is 3.00 bits per heavy atom. The van der Waals surface area contributed by atoms with Gasteiger partial charge in [0.1, 0.15) is 0 Å². The van der Waals surface area contributed by atoms with Crippen LogP contribution in [0.3, 0.4) is 0 Å². The van der Waals surface area contributed by atoms with E-state index in [2.05, 4.69) is 27.0 Å². The number of aromatic nitrogens is 1. The number of hydrogen-bond donors (Lipinski definition) is 1. The molecule has 2 rings (SSSR count). The molecular weight excluding hydrogens is 260 g/mol. The summed E-state index contributed by atoms with van der Waals surface area (Å²) < 4.78 is 2.28. The topological polar surface area (TPSA) is 38.9 Å². The molecule has 0 saturated carbocycles. The fourth-order valence-corrected chi connectivity index (χ4v) is 3.05. The maximum absolute atomic E-state index is 5.74. The first kappa shape index (κ1) is 10.1. The second kappa shape index (κ2) is 3.96. The SMILES string of the molecule is CC(N)Cc1nc2c(Br)cccc2s1. The van der Waals surface area contributed by atoms with Gasteiger partial charge in [0, 0.05) is 16.9 Å². The molecule has 0 bridgehead atoms. The van der Waals surface area contributed by atoms with Gasteiger partial charge in [-0.05, 0) is 35.0 Å². The first-order valence-electron chi connectivity index (χ1n) is 4.46. The summed E-state index contributed by atoms with van der Waals surface area (Å²) in [6.07, 6.45) is 0.853. The van der Waals surface area contributed by atoms with Crippen molar-refractivity contribution in [2.45, 2.75) is 19.4 Å². The van der Waals surface area contributed by atoms with Gasteiger partial charge < -0.3 is 5.73 Å². The standard InChI is InChI=1S/C10H11BrN2S/c1-6(12)5-9-13-10-7(11)3-2-4-8(10)14-9/h2-4,6H,5,12H2,1H3. The molecular formula is C10H11BrN2S. The van der Waals surface area contributed by atoms with Crippen molar-refractivity contribution in [2.75, 3.05) is 0 Å². The fourth-order valence-electron chi connectivity index (χ4n) is 1.32. The number of fused-ring (bicyclic) bond motifs is 1. The Balaban J connectivity index is 2.46. The molecule has 4 heteroatoms. The molecule has 0 aliphatic heterocycles. The van der Waals surface area contributed by atoms with Crippen molar-refractivity contribution in [3.8, 4) is 0 Å². The summed E-state index contributed by atoms with van der Waals surface area (Å²) in [5, 5.41) is 1.11. The van der Waals surface area contributed by atoms with Crippen molar-refractivity contribution >= 4 is 37.5 Å². The van der Waals surface area contributed by atoms with Gasteiger partial charge in [0.2, 0.25) is 0 Å². The number of hydrogen-bond acceptors (Lipinski definition) is 3. The molecule has 1 aromatic carbocycles. The minimum atomic E-state index is 0.175. The second-order valence-electron chi connectivity index (χ2n) is 3.38. The van der Waals surface area contributed by atoms with E-state index in [0.29, 0.717) is 0 Å². The number of nitrogens with zero attached hydrogens (tertiary/aromatic N) is 1. The van der Waals surface area contributed by atoms with Crippen LogP contribution >= 0.6 is 27.3 Å². The zero-order chi connectivity index (χ0) is 10.1. The van der Waals surface area contributed by atoms with Crippen LogP contribution in [0.2, 0.25) is 0 Å². The van der Waals surface area contributed by atoms with Crippen LogP contribution in [0, 0.1) is 0 Å². The number of thiazole rings is 1. The molecule has 2 N–H and O–H groups in total. The fraction of sp³-hybridized carbons (Fsp3) is 0.300. The van der Waals surface area contributed by atoms with Crippen molar-refractivity contribution in [3.63, 3.8) is 0 Å². The van der Waals surface area contributed by atoms with Crippen molar-refractivity contribution in [1.82, 2.24) is 4.98 Å². The Morgan fingerprint density at radius 2 is 2.36 bits per heavy atom. The molecule has 74 valence electrons. The van der Waals surface area contributed by atoms with Crippen molar-refractivity contribution in [2.24, 2.45) is 5.73 Å². The van der Waals surface area contributed by atoms with Crippen LogP contribution in [0.1, 0.15) is 11.9 Å². The maximum atomic E-state index is 5.74. The molecule has 0 fully saturated rings. The van der Waals surface area contributed by atoms with Gasteiger partial charge >= 0.3 is 0 Å². The quantitative estimate of drug-likeness (QED) is 0.912. The van der Waals surface area contributed by atoms with E-state index in [4.69, 9.17) is 5.73 Å². The van der Waals surface area contributed by atoms with Crippen LogP contribution < -0.4 is 5.73 Å². The highest BCUT2D eigenvalue weighted by Crippen LogP contribution is 2.28. The van der Waals surface area contributed by atoms with Crippen LogP contribution in [0.15, 0.2) is 22.7 Å². The first-order valence-corrected chi connectivity index (χ1v) is 6.07. The lowest BCUT2D eigenvalue weighted by atomic mass is 10.3. The van der Waals surface area contributed by atoms with Gasteiger partial charge in [-0.2, -0.15) is 0 Å². The molecule has 0 spiro atoms. The highest BCUT2D eigenvalue weighted by Gasteiger charge is 2.07. The summed E-state index contributed by atoms with van der Waals surface area (Å²) in [4.78, 5) is 4.54. The van der Waals surface area contributed by atoms with E-state index in [1.807, 2.05) is 19.1 Å². The smallest absolute Gasteiger partial charge is 0.0957 e. The summed E-state index contributed by atoms with van der Waals surface area (Å²) >= 11 is 5.21. The molecule has 0 radical (unpaired) electrons. The zero-order valence-electron chi connectivity index (χ0n) is 7.83. The van der Waals surface area contributed by atoms with Gasteiger partial charge in [-0.1, -0.05) is 6.07 Å². The summed E-state index contributed by atoms with van der Waals surface area (Å²) in [6, 6.07) is 6.30. The minimum absolute atomic E-state index is 0.175. The third-order valence-electron chi connectivity index (χ3n) is 1.91. The second-order valence-corrected chi connectivity index (χ2v) is 5.35. The number of benzene rings is 1. The van der Waals surface area contributed by atoms with E-state index in [1.54, 1.807) is 11.3 Å². The van der Waals surface area contributed by atoms with Crippen LogP contribution in [0.5, 0.6) is 0 Å². The molecule has 2 nitrogen and oxygen atoms in total. The first-order chi connectivity index (χ1) is 6.66. The van der Waals surface area contributed by atoms with Gasteiger partial charge in [0.15, 0.2) is 0 Å². The lowest BCUT2D eigenvalue weighted by molar-refractivity contribution is 0.735. The highest BCUT2D eigenvalue weighted by molar-refractivity contribution is 9.10. The number of nitrogens with two attached hydrogens (primary N) is 1. The van der Waals surface area contributed by atoms with Crippen LogP contribution in [-0.2, 0) is 6.42 Å². The van der Waals surface area contributed by atoms with Crippen molar-refractivity contribution in [1.29, 1.82) is 0 Å². The maximum Gasteiger partial charge on any atom is 0.0957 e. The van der Waals surface area contributed by atoms with E-state index in [9.17, 15) is 0 Å². The average Bonchev–Trinajstić information content (AvgIpc) is 2.47. The summed E-state index contributed by atoms with van der Waals surface area (Å²) in [5.41, 5.74) is 6.79. The van der Waals surface area contributed by atoms with Gasteiger partial charge in [0.25, 0.3) is 0 Å². The van der Waals surface area contributed by atoms with E-state index >= 15 is 0 Å².